The number of amidine groups is 1. The Morgan fingerprint density at radius 3 is 2.50 bits per heavy atom. The van der Waals surface area contributed by atoms with Gasteiger partial charge < -0.3 is 25.3 Å². The van der Waals surface area contributed by atoms with E-state index in [1.807, 2.05) is 38.2 Å². The summed E-state index contributed by atoms with van der Waals surface area (Å²) < 4.78 is 39.2. The Hall–Kier alpha value is -3.60. The van der Waals surface area contributed by atoms with Gasteiger partial charge in [-0.2, -0.15) is 13.2 Å². The van der Waals surface area contributed by atoms with Crippen molar-refractivity contribution in [3.63, 3.8) is 0 Å². The number of nitrogens with zero attached hydrogens (tertiary/aromatic N) is 4. The van der Waals surface area contributed by atoms with Crippen molar-refractivity contribution in [2.45, 2.75) is 25.7 Å². The molecule has 4 rings (SSSR count). The average Bonchev–Trinajstić information content (AvgIpc) is 2.95. The Bertz CT molecular complexity index is 1140. The van der Waals surface area contributed by atoms with Crippen LogP contribution in [0, 0.1) is 0 Å². The average molecular weight is 503 g/mol. The summed E-state index contributed by atoms with van der Waals surface area (Å²) in [6.45, 7) is 5.42. The molecule has 0 saturated carbocycles. The molecule has 0 radical (unpaired) electrons. The molecular formula is C25H29F3N6O2. The smallest absolute Gasteiger partial charge is 0.354 e. The number of amides is 3. The lowest BCUT2D eigenvalue weighted by atomic mass is 10.1. The van der Waals surface area contributed by atoms with Gasteiger partial charge in [-0.1, -0.05) is 25.1 Å². The number of halogens is 3. The summed E-state index contributed by atoms with van der Waals surface area (Å²) in [4.78, 5) is 37.0. The summed E-state index contributed by atoms with van der Waals surface area (Å²) in [6.07, 6.45) is -5.10. The minimum atomic E-state index is -4.54. The molecular weight excluding hydrogens is 473 g/mol. The van der Waals surface area contributed by atoms with E-state index in [9.17, 15) is 22.8 Å². The second-order valence-electron chi connectivity index (χ2n) is 8.83. The highest BCUT2D eigenvalue weighted by Crippen LogP contribution is 2.31. The Morgan fingerprint density at radius 1 is 1.08 bits per heavy atom. The van der Waals surface area contributed by atoms with Crippen molar-refractivity contribution in [1.29, 1.82) is 0 Å². The van der Waals surface area contributed by atoms with Crippen molar-refractivity contribution >= 4 is 29.1 Å². The van der Waals surface area contributed by atoms with Crippen LogP contribution in [0.15, 0.2) is 53.5 Å². The lowest BCUT2D eigenvalue weighted by Crippen LogP contribution is -2.50. The summed E-state index contributed by atoms with van der Waals surface area (Å²) in [6, 6.07) is 11.0. The third-order valence-corrected chi connectivity index (χ3v) is 6.15. The molecule has 3 amide bonds. The van der Waals surface area contributed by atoms with E-state index in [1.165, 1.54) is 12.1 Å². The van der Waals surface area contributed by atoms with E-state index in [4.69, 9.17) is 4.99 Å². The largest absolute Gasteiger partial charge is 0.416 e. The third kappa shape index (κ3) is 5.62. The van der Waals surface area contributed by atoms with Gasteiger partial charge in [0.2, 0.25) is 6.17 Å². The Morgan fingerprint density at radius 2 is 1.81 bits per heavy atom. The van der Waals surface area contributed by atoms with Crippen LogP contribution < -0.4 is 15.5 Å². The van der Waals surface area contributed by atoms with Crippen molar-refractivity contribution in [2.24, 2.45) is 4.99 Å². The molecule has 0 aromatic heterocycles. The van der Waals surface area contributed by atoms with Crippen molar-refractivity contribution in [3.8, 4) is 0 Å². The standard InChI is InChI=1S/C25H29F3N6O2/c1-3-11-34-20-10-5-4-9-19(20)22(33-14-12-32(2)13-15-33)30-21(23(34)35)31-24(36)29-18-8-6-7-17(16-18)25(26,27)28/h4-10,16,21H,3,11-15H2,1-2H3,(H2,29,31,36)/t21-/m0/s1. The van der Waals surface area contributed by atoms with Crippen molar-refractivity contribution in [1.82, 2.24) is 15.1 Å². The number of hydrogen-bond donors (Lipinski definition) is 2. The molecule has 2 N–H and O–H groups in total. The molecule has 36 heavy (non-hydrogen) atoms. The molecule has 1 saturated heterocycles. The van der Waals surface area contributed by atoms with Crippen molar-refractivity contribution in [3.05, 3.63) is 59.7 Å². The molecule has 2 heterocycles. The molecule has 0 bridgehead atoms. The number of alkyl halides is 3. The number of benzodiazepines with no additional fused rings is 1. The second kappa shape index (κ2) is 10.6. The van der Waals surface area contributed by atoms with Crippen LogP contribution in [0.5, 0.6) is 0 Å². The number of piperazine rings is 1. The number of aliphatic imine (C=N–C) groups is 1. The maximum atomic E-state index is 13.6. The molecule has 2 aromatic carbocycles. The second-order valence-corrected chi connectivity index (χ2v) is 8.83. The maximum absolute atomic E-state index is 13.6. The number of nitrogens with one attached hydrogen (secondary N) is 2. The first-order valence-corrected chi connectivity index (χ1v) is 11.8. The quantitative estimate of drug-likeness (QED) is 0.670. The number of benzene rings is 2. The number of para-hydroxylation sites is 1. The van der Waals surface area contributed by atoms with Crippen LogP contribution in [0.25, 0.3) is 0 Å². The fourth-order valence-electron chi connectivity index (χ4n) is 4.29. The lowest BCUT2D eigenvalue weighted by molar-refractivity contribution is -0.137. The fourth-order valence-corrected chi connectivity index (χ4v) is 4.29. The molecule has 11 heteroatoms. The Kier molecular flexibility index (Phi) is 7.48. The highest BCUT2D eigenvalue weighted by Gasteiger charge is 2.35. The van der Waals surface area contributed by atoms with Gasteiger partial charge in [-0.05, 0) is 43.8 Å². The van der Waals surface area contributed by atoms with Crippen LogP contribution in [-0.2, 0) is 11.0 Å². The first kappa shape index (κ1) is 25.5. The SMILES string of the molecule is CCCN1C(=O)[C@H](NC(=O)Nc2cccc(C(F)(F)F)c2)N=C(N2CCN(C)CC2)c2ccccc21. The van der Waals surface area contributed by atoms with E-state index < -0.39 is 29.8 Å². The molecule has 192 valence electrons. The van der Waals surface area contributed by atoms with Crippen LogP contribution in [-0.4, -0.2) is 73.5 Å². The number of anilines is 2. The monoisotopic (exact) mass is 502 g/mol. The maximum Gasteiger partial charge on any atom is 0.416 e. The zero-order valence-electron chi connectivity index (χ0n) is 20.2. The van der Waals surface area contributed by atoms with Crippen LogP contribution in [0.4, 0.5) is 29.3 Å². The molecule has 0 aliphatic carbocycles. The van der Waals surface area contributed by atoms with Crippen LogP contribution in [0.2, 0.25) is 0 Å². The van der Waals surface area contributed by atoms with Gasteiger partial charge in [0.05, 0.1) is 11.3 Å². The first-order valence-electron chi connectivity index (χ1n) is 11.8. The van der Waals surface area contributed by atoms with Crippen molar-refractivity contribution < 1.29 is 22.8 Å². The number of fused-ring (bicyclic) bond motifs is 1. The summed E-state index contributed by atoms with van der Waals surface area (Å²) in [7, 11) is 2.04. The summed E-state index contributed by atoms with van der Waals surface area (Å²) in [5.41, 5.74) is 0.585. The van der Waals surface area contributed by atoms with Gasteiger partial charge in [0.1, 0.15) is 5.84 Å². The van der Waals surface area contributed by atoms with E-state index in [1.54, 1.807) is 4.90 Å². The predicted molar refractivity (Wildman–Crippen MR) is 132 cm³/mol. The molecule has 0 spiro atoms. The van der Waals surface area contributed by atoms with E-state index >= 15 is 0 Å². The molecule has 0 unspecified atom stereocenters. The van der Waals surface area contributed by atoms with Crippen LogP contribution in [0.1, 0.15) is 24.5 Å². The lowest BCUT2D eigenvalue weighted by Gasteiger charge is -2.35. The van der Waals surface area contributed by atoms with Crippen LogP contribution in [0.3, 0.4) is 0 Å². The number of rotatable bonds is 4. The minimum absolute atomic E-state index is 0.0413. The molecule has 2 aliphatic heterocycles. The number of urea groups is 1. The third-order valence-electron chi connectivity index (χ3n) is 6.15. The summed E-state index contributed by atoms with van der Waals surface area (Å²) >= 11 is 0. The van der Waals surface area contributed by atoms with Gasteiger partial charge in [0.15, 0.2) is 0 Å². The summed E-state index contributed by atoms with van der Waals surface area (Å²) in [5, 5.41) is 4.97. The highest BCUT2D eigenvalue weighted by atomic mass is 19.4. The fraction of sp³-hybridized carbons (Fsp3) is 0.400. The van der Waals surface area contributed by atoms with Crippen LogP contribution >= 0.6 is 0 Å². The zero-order valence-corrected chi connectivity index (χ0v) is 20.2. The van der Waals surface area contributed by atoms with E-state index in [0.717, 1.165) is 30.8 Å². The Balaban J connectivity index is 1.64. The number of hydrogen-bond acceptors (Lipinski definition) is 5. The zero-order chi connectivity index (χ0) is 25.9. The van der Waals surface area contributed by atoms with Gasteiger partial charge in [-0.25, -0.2) is 9.79 Å². The van der Waals surface area contributed by atoms with E-state index in [0.29, 0.717) is 37.6 Å². The highest BCUT2D eigenvalue weighted by molar-refractivity contribution is 6.12. The minimum Gasteiger partial charge on any atom is -0.354 e. The van der Waals surface area contributed by atoms with Crippen molar-refractivity contribution in [2.75, 3.05) is 50.0 Å². The van der Waals surface area contributed by atoms with Gasteiger partial charge in [-0.15, -0.1) is 0 Å². The topological polar surface area (TPSA) is 80.3 Å². The predicted octanol–water partition coefficient (Wildman–Crippen LogP) is 3.60. The van der Waals surface area contributed by atoms with Gasteiger partial charge >= 0.3 is 12.2 Å². The molecule has 2 aliphatic rings. The number of likely N-dealkylation sites (N-methyl/N-ethyl adjacent to an activating group) is 1. The van der Waals surface area contributed by atoms with E-state index in [2.05, 4.69) is 20.4 Å². The van der Waals surface area contributed by atoms with E-state index in [-0.39, 0.29) is 5.69 Å². The number of carbonyl (C=O) groups excluding carboxylic acids is 2. The first-order chi connectivity index (χ1) is 17.2. The number of carbonyl (C=O) groups is 2. The Labute approximate surface area is 207 Å². The summed E-state index contributed by atoms with van der Waals surface area (Å²) in [5.74, 6) is 0.197. The molecule has 1 fully saturated rings. The molecule has 2 aromatic rings. The molecule has 1 atom stereocenters. The molecule has 8 nitrogen and oxygen atoms in total. The normalized spacial score (nSPS) is 18.9. The van der Waals surface area contributed by atoms with Gasteiger partial charge in [0, 0.05) is 44.0 Å². The van der Waals surface area contributed by atoms with Gasteiger partial charge in [0.25, 0.3) is 5.91 Å². The van der Waals surface area contributed by atoms with Gasteiger partial charge in [-0.3, -0.25) is 4.79 Å².